The van der Waals surface area contributed by atoms with Gasteiger partial charge in [-0.05, 0) is 43.0 Å². The van der Waals surface area contributed by atoms with E-state index < -0.39 is 5.97 Å². The molecule has 0 radical (unpaired) electrons. The van der Waals surface area contributed by atoms with Gasteiger partial charge in [0.1, 0.15) is 0 Å². The summed E-state index contributed by atoms with van der Waals surface area (Å²) in [4.78, 5) is 30.0. The maximum absolute atomic E-state index is 13.1. The summed E-state index contributed by atoms with van der Waals surface area (Å²) in [6, 6.07) is 14.2. The first-order valence-corrected chi connectivity index (χ1v) is 10.2. The number of aromatic nitrogens is 2. The molecule has 0 aliphatic heterocycles. The van der Waals surface area contributed by atoms with E-state index in [1.165, 1.54) is 11.3 Å². The Morgan fingerprint density at radius 3 is 2.60 bits per heavy atom. The van der Waals surface area contributed by atoms with E-state index in [1.807, 2.05) is 48.9 Å². The van der Waals surface area contributed by atoms with Gasteiger partial charge in [0.15, 0.2) is 12.4 Å². The minimum atomic E-state index is -0.625. The van der Waals surface area contributed by atoms with E-state index in [2.05, 4.69) is 10.1 Å². The molecule has 6 nitrogen and oxygen atoms in total. The van der Waals surface area contributed by atoms with E-state index in [0.29, 0.717) is 17.0 Å². The number of carbonyl (C=O) groups is 2. The van der Waals surface area contributed by atoms with E-state index >= 15 is 0 Å². The molecule has 2 aromatic carbocycles. The molecule has 0 saturated heterocycles. The highest BCUT2D eigenvalue weighted by Gasteiger charge is 2.21. The van der Waals surface area contributed by atoms with Gasteiger partial charge in [0, 0.05) is 22.1 Å². The van der Waals surface area contributed by atoms with Gasteiger partial charge in [-0.1, -0.05) is 41.1 Å². The van der Waals surface area contributed by atoms with Crippen LogP contribution in [0, 0.1) is 13.8 Å². The summed E-state index contributed by atoms with van der Waals surface area (Å²) >= 11 is 1.52. The van der Waals surface area contributed by atoms with Crippen molar-refractivity contribution in [3.05, 3.63) is 93.0 Å². The van der Waals surface area contributed by atoms with Gasteiger partial charge in [0.2, 0.25) is 5.82 Å². The lowest BCUT2D eigenvalue weighted by Crippen LogP contribution is -2.13. The molecule has 0 N–H and O–H groups in total. The molecule has 0 amide bonds. The molecule has 2 aromatic heterocycles. The Bertz CT molecular complexity index is 1210. The molecule has 0 fully saturated rings. The van der Waals surface area contributed by atoms with E-state index in [4.69, 9.17) is 9.26 Å². The molecular weight excluding hydrogens is 400 g/mol. The molecule has 0 unspecified atom stereocenters. The highest BCUT2D eigenvalue weighted by molar-refractivity contribution is 7.08. The molecule has 30 heavy (non-hydrogen) atoms. The van der Waals surface area contributed by atoms with Crippen molar-refractivity contribution in [2.75, 3.05) is 0 Å². The van der Waals surface area contributed by atoms with Crippen molar-refractivity contribution in [3.8, 4) is 11.4 Å². The minimum Gasteiger partial charge on any atom is -0.452 e. The van der Waals surface area contributed by atoms with E-state index in [0.717, 1.165) is 16.7 Å². The summed E-state index contributed by atoms with van der Waals surface area (Å²) in [5.74, 6) is -0.225. The van der Waals surface area contributed by atoms with Gasteiger partial charge in [-0.15, -0.1) is 0 Å². The summed E-state index contributed by atoms with van der Waals surface area (Å²) in [5.41, 5.74) is 3.71. The number of ether oxygens (including phenoxy) is 1. The second-order valence-corrected chi connectivity index (χ2v) is 7.57. The Morgan fingerprint density at radius 1 is 1.03 bits per heavy atom. The van der Waals surface area contributed by atoms with Crippen molar-refractivity contribution >= 4 is 23.1 Å². The zero-order valence-corrected chi connectivity index (χ0v) is 17.2. The van der Waals surface area contributed by atoms with Crippen molar-refractivity contribution < 1.29 is 18.8 Å². The Balaban J connectivity index is 1.53. The SMILES string of the molecule is Cc1ccc(C)c(C(=O)c2ccccc2C(=O)OCc2nc(-c3ccsc3)no2)c1. The highest BCUT2D eigenvalue weighted by Crippen LogP contribution is 2.21. The van der Waals surface area contributed by atoms with Crippen LogP contribution in [0.4, 0.5) is 0 Å². The molecule has 4 rings (SSSR count). The number of nitrogens with zero attached hydrogens (tertiary/aromatic N) is 2. The van der Waals surface area contributed by atoms with E-state index in [-0.39, 0.29) is 23.8 Å². The summed E-state index contributed by atoms with van der Waals surface area (Å²) < 4.78 is 10.5. The lowest BCUT2D eigenvalue weighted by atomic mass is 9.94. The van der Waals surface area contributed by atoms with E-state index in [9.17, 15) is 9.59 Å². The topological polar surface area (TPSA) is 82.3 Å². The summed E-state index contributed by atoms with van der Waals surface area (Å²) in [5, 5.41) is 7.70. The third-order valence-electron chi connectivity index (χ3n) is 4.60. The molecule has 0 atom stereocenters. The zero-order chi connectivity index (χ0) is 21.1. The van der Waals surface area contributed by atoms with Crippen LogP contribution in [0.3, 0.4) is 0 Å². The Kier molecular flexibility index (Phi) is 5.54. The van der Waals surface area contributed by atoms with Crippen LogP contribution in [-0.2, 0) is 11.3 Å². The van der Waals surface area contributed by atoms with Crippen molar-refractivity contribution in [1.82, 2.24) is 10.1 Å². The number of carbonyl (C=O) groups excluding carboxylic acids is 2. The summed E-state index contributed by atoms with van der Waals surface area (Å²) in [6.45, 7) is 3.61. The maximum atomic E-state index is 13.1. The number of benzene rings is 2. The molecular formula is C23H18N2O4S. The van der Waals surface area contributed by atoms with Crippen LogP contribution < -0.4 is 0 Å². The number of rotatable bonds is 6. The molecule has 0 bridgehead atoms. The highest BCUT2D eigenvalue weighted by atomic mass is 32.1. The van der Waals surface area contributed by atoms with Gasteiger partial charge in [-0.25, -0.2) is 4.79 Å². The van der Waals surface area contributed by atoms with Crippen LogP contribution in [0.15, 0.2) is 63.8 Å². The van der Waals surface area contributed by atoms with Gasteiger partial charge in [-0.3, -0.25) is 4.79 Å². The minimum absolute atomic E-state index is 0.179. The third kappa shape index (κ3) is 4.06. The number of hydrogen-bond donors (Lipinski definition) is 0. The van der Waals surface area contributed by atoms with E-state index in [1.54, 1.807) is 24.3 Å². The van der Waals surface area contributed by atoms with Gasteiger partial charge < -0.3 is 9.26 Å². The fourth-order valence-electron chi connectivity index (χ4n) is 3.01. The normalized spacial score (nSPS) is 10.7. The van der Waals surface area contributed by atoms with Crippen molar-refractivity contribution in [2.24, 2.45) is 0 Å². The Hall–Kier alpha value is -3.58. The van der Waals surface area contributed by atoms with Crippen molar-refractivity contribution in [2.45, 2.75) is 20.5 Å². The largest absolute Gasteiger partial charge is 0.452 e. The lowest BCUT2D eigenvalue weighted by molar-refractivity contribution is 0.0427. The quantitative estimate of drug-likeness (QED) is 0.324. The first-order valence-electron chi connectivity index (χ1n) is 9.26. The molecule has 2 heterocycles. The molecule has 0 aliphatic carbocycles. The predicted octanol–water partition coefficient (Wildman–Crippen LogP) is 5.00. The molecule has 150 valence electrons. The third-order valence-corrected chi connectivity index (χ3v) is 5.29. The van der Waals surface area contributed by atoms with Gasteiger partial charge in [-0.2, -0.15) is 16.3 Å². The number of ketones is 1. The standard InChI is InChI=1S/C23H18N2O4S/c1-14-7-8-15(2)19(11-14)21(26)17-5-3-4-6-18(17)23(27)28-12-20-24-22(25-29-20)16-9-10-30-13-16/h3-11,13H,12H2,1-2H3. The Labute approximate surface area is 177 Å². The average molecular weight is 418 g/mol. The predicted molar refractivity (Wildman–Crippen MR) is 113 cm³/mol. The van der Waals surface area contributed by atoms with Gasteiger partial charge >= 0.3 is 5.97 Å². The lowest BCUT2D eigenvalue weighted by Gasteiger charge is -2.10. The zero-order valence-electron chi connectivity index (χ0n) is 16.4. The number of esters is 1. The molecule has 0 saturated carbocycles. The van der Waals surface area contributed by atoms with Gasteiger partial charge in [0.05, 0.1) is 5.56 Å². The van der Waals surface area contributed by atoms with Crippen molar-refractivity contribution in [1.29, 1.82) is 0 Å². The van der Waals surface area contributed by atoms with Crippen LogP contribution in [0.25, 0.3) is 11.4 Å². The van der Waals surface area contributed by atoms with Gasteiger partial charge in [0.25, 0.3) is 5.89 Å². The smallest absolute Gasteiger partial charge is 0.339 e. The molecule has 0 spiro atoms. The fourth-order valence-corrected chi connectivity index (χ4v) is 3.65. The van der Waals surface area contributed by atoms with Crippen LogP contribution in [0.5, 0.6) is 0 Å². The monoisotopic (exact) mass is 418 g/mol. The summed E-state index contributed by atoms with van der Waals surface area (Å²) in [6.07, 6.45) is 0. The van der Waals surface area contributed by atoms with Crippen LogP contribution in [0.1, 0.15) is 43.3 Å². The average Bonchev–Trinajstić information content (AvgIpc) is 3.45. The summed E-state index contributed by atoms with van der Waals surface area (Å²) in [7, 11) is 0. The first-order chi connectivity index (χ1) is 14.5. The first kappa shape index (κ1) is 19.7. The molecule has 4 aromatic rings. The Morgan fingerprint density at radius 2 is 1.83 bits per heavy atom. The maximum Gasteiger partial charge on any atom is 0.339 e. The van der Waals surface area contributed by atoms with Crippen LogP contribution >= 0.6 is 11.3 Å². The van der Waals surface area contributed by atoms with Crippen molar-refractivity contribution in [3.63, 3.8) is 0 Å². The molecule has 7 heteroatoms. The number of hydrogen-bond acceptors (Lipinski definition) is 7. The second kappa shape index (κ2) is 8.42. The second-order valence-electron chi connectivity index (χ2n) is 6.79. The number of thiophene rings is 1. The fraction of sp³-hybridized carbons (Fsp3) is 0.130. The number of aryl methyl sites for hydroxylation is 2. The van der Waals surface area contributed by atoms with Crippen LogP contribution in [-0.4, -0.2) is 21.9 Å². The van der Waals surface area contributed by atoms with Crippen LogP contribution in [0.2, 0.25) is 0 Å². The molecule has 0 aliphatic rings.